The van der Waals surface area contributed by atoms with Gasteiger partial charge in [-0.15, -0.1) is 0 Å². The normalized spacial score (nSPS) is 11.4. The number of hydrogen-bond acceptors (Lipinski definition) is 5. The van der Waals surface area contributed by atoms with Gasteiger partial charge in [-0.3, -0.25) is 4.72 Å². The SMILES string of the molecule is O=C(Nc1ccccc1)NS(=O)(=O)c1cccc(NS(=O)(=O)c2ccccc2)c1. The Hall–Kier alpha value is -3.37. The minimum Gasteiger partial charge on any atom is -0.307 e. The van der Waals surface area contributed by atoms with Gasteiger partial charge in [-0.2, -0.15) is 0 Å². The quantitative estimate of drug-likeness (QED) is 0.554. The van der Waals surface area contributed by atoms with E-state index >= 15 is 0 Å². The van der Waals surface area contributed by atoms with Gasteiger partial charge in [-0.1, -0.05) is 42.5 Å². The molecule has 150 valence electrons. The lowest BCUT2D eigenvalue weighted by Gasteiger charge is -2.11. The standard InChI is InChI=1S/C19H17N3O5S2/c23-19(20-15-8-3-1-4-9-15)22-29(26,27)18-13-7-10-16(14-18)21-28(24,25)17-11-5-2-6-12-17/h1-14,21H,(H2,20,22,23). The predicted molar refractivity (Wildman–Crippen MR) is 109 cm³/mol. The van der Waals surface area contributed by atoms with Crippen molar-refractivity contribution >= 4 is 37.5 Å². The third-order valence-corrected chi connectivity index (χ3v) is 6.43. The van der Waals surface area contributed by atoms with Crippen LogP contribution in [0.25, 0.3) is 0 Å². The summed E-state index contributed by atoms with van der Waals surface area (Å²) in [5, 5.41) is 2.40. The van der Waals surface area contributed by atoms with Crippen LogP contribution in [0.4, 0.5) is 16.2 Å². The van der Waals surface area contributed by atoms with Gasteiger partial charge < -0.3 is 5.32 Å². The summed E-state index contributed by atoms with van der Waals surface area (Å²) in [6.07, 6.45) is 0. The van der Waals surface area contributed by atoms with Crippen LogP contribution < -0.4 is 14.8 Å². The van der Waals surface area contributed by atoms with Gasteiger partial charge in [0, 0.05) is 5.69 Å². The molecule has 0 bridgehead atoms. The fourth-order valence-electron chi connectivity index (χ4n) is 2.40. The molecule has 3 aromatic carbocycles. The van der Waals surface area contributed by atoms with Gasteiger partial charge in [0.15, 0.2) is 0 Å². The maximum Gasteiger partial charge on any atom is 0.333 e. The van der Waals surface area contributed by atoms with Gasteiger partial charge >= 0.3 is 6.03 Å². The van der Waals surface area contributed by atoms with Crippen molar-refractivity contribution in [3.05, 3.63) is 84.9 Å². The van der Waals surface area contributed by atoms with E-state index in [0.717, 1.165) is 6.07 Å². The number of amides is 2. The highest BCUT2D eigenvalue weighted by molar-refractivity contribution is 7.92. The molecule has 0 saturated carbocycles. The maximum absolute atomic E-state index is 12.5. The molecule has 3 rings (SSSR count). The zero-order valence-electron chi connectivity index (χ0n) is 14.9. The molecule has 0 atom stereocenters. The molecule has 0 heterocycles. The van der Waals surface area contributed by atoms with E-state index in [9.17, 15) is 21.6 Å². The molecule has 0 aliphatic heterocycles. The molecule has 0 aromatic heterocycles. The second-order valence-corrected chi connectivity index (χ2v) is 9.24. The van der Waals surface area contributed by atoms with E-state index in [2.05, 4.69) is 10.0 Å². The highest BCUT2D eigenvalue weighted by Crippen LogP contribution is 2.19. The molecule has 8 nitrogen and oxygen atoms in total. The lowest BCUT2D eigenvalue weighted by Crippen LogP contribution is -2.34. The maximum atomic E-state index is 12.5. The Balaban J connectivity index is 1.76. The topological polar surface area (TPSA) is 121 Å². The van der Waals surface area contributed by atoms with Crippen LogP contribution in [0.1, 0.15) is 0 Å². The number of carbonyl (C=O) groups excluding carboxylic acids is 1. The van der Waals surface area contributed by atoms with Crippen LogP contribution in [-0.4, -0.2) is 22.9 Å². The van der Waals surface area contributed by atoms with Crippen LogP contribution in [0.3, 0.4) is 0 Å². The molecule has 0 aliphatic rings. The van der Waals surface area contributed by atoms with Crippen molar-refractivity contribution in [2.45, 2.75) is 9.79 Å². The van der Waals surface area contributed by atoms with Crippen LogP contribution in [0, 0.1) is 0 Å². The number of hydrogen-bond donors (Lipinski definition) is 3. The summed E-state index contributed by atoms with van der Waals surface area (Å²) in [6.45, 7) is 0. The van der Waals surface area contributed by atoms with Crippen molar-refractivity contribution in [2.75, 3.05) is 10.0 Å². The number of rotatable bonds is 6. The average Bonchev–Trinajstić information content (AvgIpc) is 2.69. The molecule has 29 heavy (non-hydrogen) atoms. The molecule has 0 fully saturated rings. The first kappa shape index (κ1) is 20.4. The van der Waals surface area contributed by atoms with Crippen molar-refractivity contribution in [1.82, 2.24) is 4.72 Å². The molecule has 10 heteroatoms. The number of para-hydroxylation sites is 1. The van der Waals surface area contributed by atoms with E-state index in [0.29, 0.717) is 5.69 Å². The number of anilines is 2. The zero-order chi connectivity index (χ0) is 20.9. The lowest BCUT2D eigenvalue weighted by atomic mass is 10.3. The zero-order valence-corrected chi connectivity index (χ0v) is 16.6. The Morgan fingerprint density at radius 3 is 1.83 bits per heavy atom. The fraction of sp³-hybridized carbons (Fsp3) is 0. The van der Waals surface area contributed by atoms with Crippen LogP contribution >= 0.6 is 0 Å². The molecule has 2 amide bonds. The van der Waals surface area contributed by atoms with Gasteiger partial charge in [-0.05, 0) is 42.5 Å². The van der Waals surface area contributed by atoms with Crippen molar-refractivity contribution in [2.24, 2.45) is 0 Å². The van der Waals surface area contributed by atoms with Crippen LogP contribution in [0.5, 0.6) is 0 Å². The smallest absolute Gasteiger partial charge is 0.307 e. The van der Waals surface area contributed by atoms with Gasteiger partial charge in [-0.25, -0.2) is 26.4 Å². The molecular formula is C19H17N3O5S2. The fourth-order valence-corrected chi connectivity index (χ4v) is 4.42. The average molecular weight is 431 g/mol. The highest BCUT2D eigenvalue weighted by atomic mass is 32.2. The molecule has 3 aromatic rings. The van der Waals surface area contributed by atoms with E-state index in [4.69, 9.17) is 0 Å². The molecule has 3 N–H and O–H groups in total. The molecule has 0 radical (unpaired) electrons. The summed E-state index contributed by atoms with van der Waals surface area (Å²) in [6, 6.07) is 20.2. The molecular weight excluding hydrogens is 414 g/mol. The van der Waals surface area contributed by atoms with Crippen molar-refractivity contribution in [3.8, 4) is 0 Å². The van der Waals surface area contributed by atoms with Gasteiger partial charge in [0.05, 0.1) is 15.5 Å². The second-order valence-electron chi connectivity index (χ2n) is 5.87. The third kappa shape index (κ3) is 5.33. The number of carbonyl (C=O) groups is 1. The van der Waals surface area contributed by atoms with E-state index in [1.54, 1.807) is 48.5 Å². The molecule has 0 spiro atoms. The number of urea groups is 1. The van der Waals surface area contributed by atoms with Crippen molar-refractivity contribution in [3.63, 3.8) is 0 Å². The Bertz CT molecular complexity index is 1210. The number of benzene rings is 3. The largest absolute Gasteiger partial charge is 0.333 e. The third-order valence-electron chi connectivity index (χ3n) is 3.71. The Morgan fingerprint density at radius 1 is 0.621 bits per heavy atom. The first-order valence-electron chi connectivity index (χ1n) is 8.33. The highest BCUT2D eigenvalue weighted by Gasteiger charge is 2.20. The Labute approximate surface area is 168 Å². The van der Waals surface area contributed by atoms with Gasteiger partial charge in [0.2, 0.25) is 0 Å². The summed E-state index contributed by atoms with van der Waals surface area (Å²) < 4.78 is 54.0. The summed E-state index contributed by atoms with van der Waals surface area (Å²) in [4.78, 5) is 11.8. The van der Waals surface area contributed by atoms with Gasteiger partial charge in [0.1, 0.15) is 0 Å². The summed E-state index contributed by atoms with van der Waals surface area (Å²) in [5.41, 5.74) is 0.463. The number of nitrogens with one attached hydrogen (secondary N) is 3. The Morgan fingerprint density at radius 2 is 1.17 bits per heavy atom. The van der Waals surface area contributed by atoms with Crippen LogP contribution in [0.2, 0.25) is 0 Å². The minimum atomic E-state index is -4.22. The van der Waals surface area contributed by atoms with Crippen molar-refractivity contribution < 1.29 is 21.6 Å². The first-order valence-corrected chi connectivity index (χ1v) is 11.3. The van der Waals surface area contributed by atoms with Crippen LogP contribution in [-0.2, 0) is 20.0 Å². The Kier molecular flexibility index (Phi) is 5.85. The summed E-state index contributed by atoms with van der Waals surface area (Å²) in [7, 11) is -8.10. The summed E-state index contributed by atoms with van der Waals surface area (Å²) in [5.74, 6) is 0. The molecule has 0 aliphatic carbocycles. The van der Waals surface area contributed by atoms with Crippen molar-refractivity contribution in [1.29, 1.82) is 0 Å². The van der Waals surface area contributed by atoms with E-state index in [1.165, 1.54) is 30.3 Å². The monoisotopic (exact) mass is 431 g/mol. The lowest BCUT2D eigenvalue weighted by molar-refractivity contribution is 0.256. The van der Waals surface area contributed by atoms with Crippen LogP contribution in [0.15, 0.2) is 94.7 Å². The minimum absolute atomic E-state index is 0.0358. The van der Waals surface area contributed by atoms with E-state index in [-0.39, 0.29) is 15.5 Å². The van der Waals surface area contributed by atoms with E-state index < -0.39 is 26.1 Å². The predicted octanol–water partition coefficient (Wildman–Crippen LogP) is 3.00. The van der Waals surface area contributed by atoms with Gasteiger partial charge in [0.25, 0.3) is 20.0 Å². The van der Waals surface area contributed by atoms with E-state index in [1.807, 2.05) is 4.72 Å². The second kappa shape index (κ2) is 8.33. The molecule has 0 saturated heterocycles. The number of sulfonamides is 2. The summed E-state index contributed by atoms with van der Waals surface area (Å²) >= 11 is 0. The first-order chi connectivity index (χ1) is 13.8. The molecule has 0 unspecified atom stereocenters.